The highest BCUT2D eigenvalue weighted by Gasteiger charge is 2.18. The number of nitrogens with zero attached hydrogens (tertiary/aromatic N) is 1. The Labute approximate surface area is 188 Å². The minimum atomic E-state index is -0.490. The molecule has 0 aliphatic carbocycles. The van der Waals surface area contributed by atoms with Gasteiger partial charge in [-0.05, 0) is 48.9 Å². The van der Waals surface area contributed by atoms with Crippen LogP contribution in [0.1, 0.15) is 15.9 Å². The monoisotopic (exact) mass is 449 g/mol. The summed E-state index contributed by atoms with van der Waals surface area (Å²) >= 11 is 1.58. The topological polar surface area (TPSA) is 88.0 Å². The van der Waals surface area contributed by atoms with Crippen LogP contribution in [0.5, 0.6) is 0 Å². The summed E-state index contributed by atoms with van der Waals surface area (Å²) < 4.78 is 13.4. The third-order valence-electron chi connectivity index (χ3n) is 5.17. The van der Waals surface area contributed by atoms with Crippen molar-refractivity contribution < 1.29 is 14.1 Å². The number of amides is 1. The molecule has 4 aromatic rings. The molecule has 3 aromatic carbocycles. The number of nitrogens with one attached hydrogen (secondary N) is 2. The predicted molar refractivity (Wildman–Crippen MR) is 125 cm³/mol. The molecule has 8 heteroatoms. The molecule has 0 bridgehead atoms. The Morgan fingerprint density at radius 1 is 1.09 bits per heavy atom. The number of carbonyl (C=O) groups is 1. The van der Waals surface area contributed by atoms with E-state index in [1.807, 2.05) is 24.3 Å². The SMILES string of the molecule is Cc1c(C(=O)NCCSc2c(-c3ccc(F)cc3)[nH]c3ccccc23)cccc1[N+](=O)[O-]. The summed E-state index contributed by atoms with van der Waals surface area (Å²) in [7, 11) is 0. The number of carbonyl (C=O) groups excluding carboxylic acids is 1. The number of para-hydroxylation sites is 1. The van der Waals surface area contributed by atoms with Gasteiger partial charge >= 0.3 is 0 Å². The third kappa shape index (κ3) is 4.36. The van der Waals surface area contributed by atoms with Crippen LogP contribution in [-0.4, -0.2) is 28.1 Å². The number of fused-ring (bicyclic) bond motifs is 1. The molecule has 0 radical (unpaired) electrons. The van der Waals surface area contributed by atoms with Gasteiger partial charge < -0.3 is 10.3 Å². The number of aromatic amines is 1. The van der Waals surface area contributed by atoms with E-state index in [2.05, 4.69) is 10.3 Å². The molecular formula is C24H20FN3O3S. The van der Waals surface area contributed by atoms with E-state index >= 15 is 0 Å². The molecule has 6 nitrogen and oxygen atoms in total. The fourth-order valence-electron chi connectivity index (χ4n) is 3.57. The molecule has 1 aromatic heterocycles. The van der Waals surface area contributed by atoms with Crippen molar-refractivity contribution in [2.75, 3.05) is 12.3 Å². The van der Waals surface area contributed by atoms with Crippen LogP contribution in [0.15, 0.2) is 71.6 Å². The molecule has 2 N–H and O–H groups in total. The minimum Gasteiger partial charge on any atom is -0.354 e. The normalized spacial score (nSPS) is 10.9. The first kappa shape index (κ1) is 21.6. The van der Waals surface area contributed by atoms with E-state index in [9.17, 15) is 19.3 Å². The predicted octanol–water partition coefficient (Wildman–Crippen LogP) is 5.71. The zero-order chi connectivity index (χ0) is 22.7. The smallest absolute Gasteiger partial charge is 0.273 e. The van der Waals surface area contributed by atoms with Crippen molar-refractivity contribution in [1.82, 2.24) is 10.3 Å². The number of benzene rings is 3. The Balaban J connectivity index is 1.49. The van der Waals surface area contributed by atoms with E-state index in [4.69, 9.17) is 0 Å². The lowest BCUT2D eigenvalue weighted by molar-refractivity contribution is -0.385. The first-order valence-electron chi connectivity index (χ1n) is 9.97. The number of nitro benzene ring substituents is 1. The van der Waals surface area contributed by atoms with Crippen LogP contribution in [0.2, 0.25) is 0 Å². The van der Waals surface area contributed by atoms with Gasteiger partial charge in [0, 0.05) is 45.3 Å². The van der Waals surface area contributed by atoms with Crippen molar-refractivity contribution in [2.24, 2.45) is 0 Å². The van der Waals surface area contributed by atoms with Gasteiger partial charge in [0.25, 0.3) is 11.6 Å². The maximum atomic E-state index is 13.4. The Morgan fingerprint density at radius 2 is 1.84 bits per heavy atom. The van der Waals surface area contributed by atoms with E-state index in [1.54, 1.807) is 36.9 Å². The first-order valence-corrected chi connectivity index (χ1v) is 11.0. The second-order valence-electron chi connectivity index (χ2n) is 7.19. The number of halogens is 1. The number of rotatable bonds is 7. The maximum Gasteiger partial charge on any atom is 0.273 e. The summed E-state index contributed by atoms with van der Waals surface area (Å²) in [5.41, 5.74) is 3.32. The summed E-state index contributed by atoms with van der Waals surface area (Å²) in [5.74, 6) is -0.0434. The fraction of sp³-hybridized carbons (Fsp3) is 0.125. The molecule has 0 unspecified atom stereocenters. The molecular weight excluding hydrogens is 429 g/mol. The van der Waals surface area contributed by atoms with Gasteiger partial charge in [-0.2, -0.15) is 0 Å². The van der Waals surface area contributed by atoms with Gasteiger partial charge in [0.05, 0.1) is 10.6 Å². The van der Waals surface area contributed by atoms with E-state index in [-0.39, 0.29) is 17.4 Å². The minimum absolute atomic E-state index is 0.0743. The fourth-order valence-corrected chi connectivity index (χ4v) is 4.62. The van der Waals surface area contributed by atoms with E-state index < -0.39 is 4.92 Å². The number of nitro groups is 1. The number of thioether (sulfide) groups is 1. The molecule has 0 spiro atoms. The van der Waals surface area contributed by atoms with Gasteiger partial charge in [0.2, 0.25) is 0 Å². The van der Waals surface area contributed by atoms with Crippen LogP contribution < -0.4 is 5.32 Å². The van der Waals surface area contributed by atoms with Crippen LogP contribution in [0.25, 0.3) is 22.2 Å². The second kappa shape index (κ2) is 9.23. The Bertz CT molecular complexity index is 1300. The standard InChI is InChI=1S/C24H20FN3O3S/c1-15-18(6-4-8-21(15)28(30)31)24(29)26-13-14-32-23-19-5-2-3-7-20(19)27-22(23)16-9-11-17(25)12-10-16/h2-12,27H,13-14H2,1H3,(H,26,29). The average Bonchev–Trinajstić information content (AvgIpc) is 3.15. The summed E-state index contributed by atoms with van der Waals surface area (Å²) in [6.07, 6.45) is 0. The van der Waals surface area contributed by atoms with Gasteiger partial charge in [-0.25, -0.2) is 4.39 Å². The average molecular weight is 450 g/mol. The van der Waals surface area contributed by atoms with Gasteiger partial charge in [0.1, 0.15) is 5.82 Å². The second-order valence-corrected chi connectivity index (χ2v) is 8.30. The molecule has 0 saturated carbocycles. The zero-order valence-corrected chi connectivity index (χ0v) is 18.0. The van der Waals surface area contributed by atoms with Crippen molar-refractivity contribution in [3.8, 4) is 11.3 Å². The highest BCUT2D eigenvalue weighted by Crippen LogP contribution is 2.37. The van der Waals surface area contributed by atoms with Crippen molar-refractivity contribution in [3.63, 3.8) is 0 Å². The zero-order valence-electron chi connectivity index (χ0n) is 17.2. The van der Waals surface area contributed by atoms with Crippen LogP contribution >= 0.6 is 11.8 Å². The highest BCUT2D eigenvalue weighted by molar-refractivity contribution is 7.99. The third-order valence-corrected chi connectivity index (χ3v) is 6.29. The van der Waals surface area contributed by atoms with Crippen LogP contribution in [-0.2, 0) is 0 Å². The molecule has 32 heavy (non-hydrogen) atoms. The number of aromatic nitrogens is 1. The summed E-state index contributed by atoms with van der Waals surface area (Å²) in [4.78, 5) is 27.6. The lowest BCUT2D eigenvalue weighted by atomic mass is 10.1. The highest BCUT2D eigenvalue weighted by atomic mass is 32.2. The number of hydrogen-bond acceptors (Lipinski definition) is 4. The van der Waals surface area contributed by atoms with Crippen molar-refractivity contribution >= 4 is 34.3 Å². The molecule has 4 rings (SSSR count). The van der Waals surface area contributed by atoms with Crippen LogP contribution in [0, 0.1) is 22.9 Å². The number of hydrogen-bond donors (Lipinski definition) is 2. The van der Waals surface area contributed by atoms with Gasteiger partial charge in [-0.1, -0.05) is 24.3 Å². The van der Waals surface area contributed by atoms with Crippen LogP contribution in [0.4, 0.5) is 10.1 Å². The molecule has 1 heterocycles. The summed E-state index contributed by atoms with van der Waals surface area (Å²) in [6.45, 7) is 1.96. The Morgan fingerprint density at radius 3 is 2.59 bits per heavy atom. The Hall–Kier alpha value is -3.65. The molecule has 0 saturated heterocycles. The maximum absolute atomic E-state index is 13.4. The summed E-state index contributed by atoms with van der Waals surface area (Å²) in [5, 5.41) is 15.0. The van der Waals surface area contributed by atoms with Gasteiger partial charge in [-0.3, -0.25) is 14.9 Å². The lowest BCUT2D eigenvalue weighted by Gasteiger charge is -2.09. The van der Waals surface area contributed by atoms with Crippen molar-refractivity contribution in [1.29, 1.82) is 0 Å². The molecule has 0 aliphatic heterocycles. The molecule has 162 valence electrons. The van der Waals surface area contributed by atoms with Crippen molar-refractivity contribution in [3.05, 3.63) is 93.8 Å². The lowest BCUT2D eigenvalue weighted by Crippen LogP contribution is -2.26. The molecule has 0 atom stereocenters. The van der Waals surface area contributed by atoms with E-state index in [0.717, 1.165) is 27.1 Å². The largest absolute Gasteiger partial charge is 0.354 e. The quantitative estimate of drug-likeness (QED) is 0.164. The van der Waals surface area contributed by atoms with E-state index in [0.29, 0.717) is 23.4 Å². The Kier molecular flexibility index (Phi) is 6.23. The number of H-pyrrole nitrogens is 1. The van der Waals surface area contributed by atoms with E-state index in [1.165, 1.54) is 24.3 Å². The molecule has 0 fully saturated rings. The van der Waals surface area contributed by atoms with Gasteiger partial charge in [-0.15, -0.1) is 11.8 Å². The summed E-state index contributed by atoms with van der Waals surface area (Å²) in [6, 6.07) is 18.7. The van der Waals surface area contributed by atoms with Gasteiger partial charge in [0.15, 0.2) is 0 Å². The molecule has 0 aliphatic rings. The molecule has 1 amide bonds. The first-order chi connectivity index (χ1) is 15.5. The van der Waals surface area contributed by atoms with Crippen molar-refractivity contribution in [2.45, 2.75) is 11.8 Å². The van der Waals surface area contributed by atoms with Crippen LogP contribution in [0.3, 0.4) is 0 Å².